The van der Waals surface area contributed by atoms with Gasteiger partial charge in [-0.2, -0.15) is 0 Å². The van der Waals surface area contributed by atoms with E-state index in [0.717, 1.165) is 16.6 Å². The topological polar surface area (TPSA) is 29.1 Å². The van der Waals surface area contributed by atoms with Crippen molar-refractivity contribution in [1.29, 1.82) is 0 Å². The first-order valence-electron chi connectivity index (χ1n) is 4.73. The quantitative estimate of drug-likeness (QED) is 0.878. The van der Waals surface area contributed by atoms with Crippen LogP contribution in [0.2, 0.25) is 0 Å². The van der Waals surface area contributed by atoms with Gasteiger partial charge >= 0.3 is 0 Å². The molecule has 0 radical (unpaired) electrons. The lowest BCUT2D eigenvalue weighted by atomic mass is 10.2. The van der Waals surface area contributed by atoms with Crippen LogP contribution in [0.3, 0.4) is 0 Å². The molecule has 78 valence electrons. The molecule has 0 aliphatic rings. The summed E-state index contributed by atoms with van der Waals surface area (Å²) in [6.07, 6.45) is 2.68. The summed E-state index contributed by atoms with van der Waals surface area (Å²) in [5.74, 6) is 0.149. The van der Waals surface area contributed by atoms with Crippen LogP contribution in [0.1, 0.15) is 31.1 Å². The molecule has 0 saturated carbocycles. The van der Waals surface area contributed by atoms with E-state index in [1.165, 1.54) is 4.88 Å². The van der Waals surface area contributed by atoms with Gasteiger partial charge < -0.3 is 5.32 Å². The third kappa shape index (κ3) is 4.24. The van der Waals surface area contributed by atoms with Crippen molar-refractivity contribution in [3.8, 4) is 0 Å². The first kappa shape index (κ1) is 11.7. The first-order valence-corrected chi connectivity index (χ1v) is 6.34. The maximum absolute atomic E-state index is 11.3. The average Bonchev–Trinajstić information content (AvgIpc) is 2.58. The second-order valence-corrected chi connectivity index (χ2v) is 5.63. The Hall–Kier alpha value is -0.350. The molecular weight excluding hydrogens is 262 g/mol. The van der Waals surface area contributed by atoms with Crippen molar-refractivity contribution >= 4 is 33.2 Å². The summed E-state index contributed by atoms with van der Waals surface area (Å²) >= 11 is 5.04. The normalized spacial score (nSPS) is 10.1. The van der Waals surface area contributed by atoms with E-state index in [2.05, 4.69) is 28.2 Å². The standard InChI is InChI=1S/C10H14BrNOS/c1-2-3-4-10(13)12-7-8-5-6-9(11)14-8/h5-6H,2-4,7H2,1H3,(H,12,13). The Morgan fingerprint density at radius 3 is 2.93 bits per heavy atom. The summed E-state index contributed by atoms with van der Waals surface area (Å²) in [7, 11) is 0. The van der Waals surface area contributed by atoms with E-state index >= 15 is 0 Å². The van der Waals surface area contributed by atoms with E-state index in [4.69, 9.17) is 0 Å². The zero-order valence-corrected chi connectivity index (χ0v) is 10.6. The predicted molar refractivity (Wildman–Crippen MR) is 63.4 cm³/mol. The van der Waals surface area contributed by atoms with Crippen molar-refractivity contribution in [3.63, 3.8) is 0 Å². The van der Waals surface area contributed by atoms with E-state index in [1.54, 1.807) is 11.3 Å². The predicted octanol–water partition coefficient (Wildman–Crippen LogP) is 3.32. The fourth-order valence-electron chi connectivity index (χ4n) is 1.06. The van der Waals surface area contributed by atoms with Crippen LogP contribution < -0.4 is 5.32 Å². The van der Waals surface area contributed by atoms with Crippen molar-refractivity contribution < 1.29 is 4.79 Å². The Kier molecular flexibility index (Phi) is 5.19. The SMILES string of the molecule is CCCCC(=O)NCc1ccc(Br)s1. The molecule has 1 amide bonds. The van der Waals surface area contributed by atoms with Crippen molar-refractivity contribution in [3.05, 3.63) is 20.8 Å². The highest BCUT2D eigenvalue weighted by Gasteiger charge is 2.01. The van der Waals surface area contributed by atoms with Crippen molar-refractivity contribution in [2.24, 2.45) is 0 Å². The van der Waals surface area contributed by atoms with Gasteiger partial charge in [0.05, 0.1) is 10.3 Å². The van der Waals surface area contributed by atoms with Gasteiger partial charge in [0.15, 0.2) is 0 Å². The molecular formula is C10H14BrNOS. The molecule has 0 bridgehead atoms. The Morgan fingerprint density at radius 1 is 1.57 bits per heavy atom. The summed E-state index contributed by atoms with van der Waals surface area (Å²) in [5, 5.41) is 2.90. The maximum Gasteiger partial charge on any atom is 0.220 e. The molecule has 1 aromatic rings. The number of halogens is 1. The number of carbonyl (C=O) groups is 1. The van der Waals surface area contributed by atoms with Crippen LogP contribution in [0.25, 0.3) is 0 Å². The maximum atomic E-state index is 11.3. The highest BCUT2D eigenvalue weighted by atomic mass is 79.9. The molecule has 0 atom stereocenters. The van der Waals surface area contributed by atoms with Crippen LogP contribution in [0.15, 0.2) is 15.9 Å². The third-order valence-corrected chi connectivity index (χ3v) is 3.47. The Balaban J connectivity index is 2.23. The molecule has 1 heterocycles. The minimum absolute atomic E-state index is 0.149. The van der Waals surface area contributed by atoms with E-state index in [-0.39, 0.29) is 5.91 Å². The summed E-state index contributed by atoms with van der Waals surface area (Å²) < 4.78 is 1.11. The number of amides is 1. The van der Waals surface area contributed by atoms with Gasteiger partial charge in [0, 0.05) is 11.3 Å². The third-order valence-electron chi connectivity index (χ3n) is 1.85. The molecule has 0 aliphatic heterocycles. The number of carbonyl (C=O) groups excluding carboxylic acids is 1. The molecule has 0 unspecified atom stereocenters. The summed E-state index contributed by atoms with van der Waals surface area (Å²) in [6, 6.07) is 4.02. The molecule has 14 heavy (non-hydrogen) atoms. The monoisotopic (exact) mass is 275 g/mol. The van der Waals surface area contributed by atoms with Crippen LogP contribution in [0.5, 0.6) is 0 Å². The van der Waals surface area contributed by atoms with Crippen molar-refractivity contribution in [1.82, 2.24) is 5.32 Å². The second-order valence-electron chi connectivity index (χ2n) is 3.09. The number of thiophene rings is 1. The fraction of sp³-hybridized carbons (Fsp3) is 0.500. The molecule has 0 saturated heterocycles. The van der Waals surface area contributed by atoms with Gasteiger partial charge in [-0.1, -0.05) is 13.3 Å². The second kappa shape index (κ2) is 6.19. The van der Waals surface area contributed by atoms with Crippen molar-refractivity contribution in [2.45, 2.75) is 32.7 Å². The lowest BCUT2D eigenvalue weighted by Gasteiger charge is -2.01. The molecule has 4 heteroatoms. The molecule has 1 rings (SSSR count). The summed E-state index contributed by atoms with van der Waals surface area (Å²) in [5.41, 5.74) is 0. The average molecular weight is 276 g/mol. The van der Waals surface area contributed by atoms with Gasteiger partial charge in [-0.15, -0.1) is 11.3 Å². The van der Waals surface area contributed by atoms with E-state index in [1.807, 2.05) is 12.1 Å². The van der Waals surface area contributed by atoms with Gasteiger partial charge in [0.1, 0.15) is 0 Å². The zero-order chi connectivity index (χ0) is 10.4. The molecule has 0 aromatic carbocycles. The molecule has 2 nitrogen and oxygen atoms in total. The number of hydrogen-bond donors (Lipinski definition) is 1. The fourth-order valence-corrected chi connectivity index (χ4v) is 2.48. The summed E-state index contributed by atoms with van der Waals surface area (Å²) in [6.45, 7) is 2.74. The first-order chi connectivity index (χ1) is 6.72. The van der Waals surface area contributed by atoms with Crippen LogP contribution in [0.4, 0.5) is 0 Å². The van der Waals surface area contributed by atoms with Crippen LogP contribution in [-0.4, -0.2) is 5.91 Å². The lowest BCUT2D eigenvalue weighted by molar-refractivity contribution is -0.121. The van der Waals surface area contributed by atoms with Crippen LogP contribution in [0, 0.1) is 0 Å². The number of nitrogens with one attached hydrogen (secondary N) is 1. The highest BCUT2D eigenvalue weighted by Crippen LogP contribution is 2.21. The van der Waals surface area contributed by atoms with Gasteiger partial charge in [-0.3, -0.25) is 4.79 Å². The number of unbranched alkanes of at least 4 members (excludes halogenated alkanes) is 1. The molecule has 0 spiro atoms. The van der Waals surface area contributed by atoms with Crippen LogP contribution >= 0.6 is 27.3 Å². The van der Waals surface area contributed by atoms with Gasteiger partial charge in [-0.05, 0) is 34.5 Å². The Morgan fingerprint density at radius 2 is 2.36 bits per heavy atom. The minimum atomic E-state index is 0.149. The highest BCUT2D eigenvalue weighted by molar-refractivity contribution is 9.11. The molecule has 1 aromatic heterocycles. The van der Waals surface area contributed by atoms with Gasteiger partial charge in [0.2, 0.25) is 5.91 Å². The lowest BCUT2D eigenvalue weighted by Crippen LogP contribution is -2.21. The Bertz CT molecular complexity index is 298. The summed E-state index contributed by atoms with van der Waals surface area (Å²) in [4.78, 5) is 12.4. The van der Waals surface area contributed by atoms with Crippen molar-refractivity contribution in [2.75, 3.05) is 0 Å². The largest absolute Gasteiger partial charge is 0.351 e. The van der Waals surface area contributed by atoms with Crippen LogP contribution in [-0.2, 0) is 11.3 Å². The van der Waals surface area contributed by atoms with E-state index < -0.39 is 0 Å². The molecule has 1 N–H and O–H groups in total. The molecule has 0 fully saturated rings. The Labute approximate surface area is 96.8 Å². The minimum Gasteiger partial charge on any atom is -0.351 e. The zero-order valence-electron chi connectivity index (χ0n) is 8.18. The van der Waals surface area contributed by atoms with E-state index in [0.29, 0.717) is 13.0 Å². The smallest absolute Gasteiger partial charge is 0.220 e. The number of hydrogen-bond acceptors (Lipinski definition) is 2. The van der Waals surface area contributed by atoms with E-state index in [9.17, 15) is 4.79 Å². The number of rotatable bonds is 5. The molecule has 0 aliphatic carbocycles. The van der Waals surface area contributed by atoms with Gasteiger partial charge in [-0.25, -0.2) is 0 Å². The van der Waals surface area contributed by atoms with Gasteiger partial charge in [0.25, 0.3) is 0 Å².